The summed E-state index contributed by atoms with van der Waals surface area (Å²) in [5.74, 6) is 1.02. The molecule has 0 radical (unpaired) electrons. The summed E-state index contributed by atoms with van der Waals surface area (Å²) in [5, 5.41) is 29.8. The zero-order valence-corrected chi connectivity index (χ0v) is 14.8. The Balaban J connectivity index is 1.72. The van der Waals surface area contributed by atoms with Gasteiger partial charge in [-0.25, -0.2) is 0 Å². The third-order valence-corrected chi connectivity index (χ3v) is 9.04. The maximum Gasteiger partial charge on any atom is 0.312 e. The molecule has 0 heterocycles. The summed E-state index contributed by atoms with van der Waals surface area (Å²) in [6, 6.07) is 0. The second kappa shape index (κ2) is 5.44. The number of rotatable bonds is 3. The van der Waals surface area contributed by atoms with E-state index in [1.165, 1.54) is 19.3 Å². The van der Waals surface area contributed by atoms with Crippen LogP contribution in [0.3, 0.4) is 0 Å². The van der Waals surface area contributed by atoms with Gasteiger partial charge in [-0.3, -0.25) is 4.79 Å². The number of hydrogen-bond acceptors (Lipinski definition) is 3. The Bertz CT molecular complexity index is 534. The van der Waals surface area contributed by atoms with Gasteiger partial charge in [0, 0.05) is 6.61 Å². The van der Waals surface area contributed by atoms with Gasteiger partial charge in [0.05, 0.1) is 12.0 Å². The van der Waals surface area contributed by atoms with Crippen molar-refractivity contribution in [1.82, 2.24) is 0 Å². The second-order valence-corrected chi connectivity index (χ2v) is 9.67. The summed E-state index contributed by atoms with van der Waals surface area (Å²) in [7, 11) is 0. The van der Waals surface area contributed by atoms with E-state index in [4.69, 9.17) is 0 Å². The molecule has 7 atom stereocenters. The van der Waals surface area contributed by atoms with Crippen LogP contribution in [0.15, 0.2) is 0 Å². The molecule has 0 amide bonds. The first kappa shape index (κ1) is 16.8. The fourth-order valence-corrected chi connectivity index (χ4v) is 8.12. The van der Waals surface area contributed by atoms with E-state index in [0.29, 0.717) is 36.2 Å². The predicted molar refractivity (Wildman–Crippen MR) is 90.3 cm³/mol. The van der Waals surface area contributed by atoms with Gasteiger partial charge in [0.1, 0.15) is 0 Å². The van der Waals surface area contributed by atoms with Crippen LogP contribution in [-0.2, 0) is 4.79 Å². The van der Waals surface area contributed by atoms with Crippen LogP contribution in [0.1, 0.15) is 64.7 Å². The number of aliphatic hydroxyl groups excluding tert-OH is 2. The molecule has 0 aromatic heterocycles. The van der Waals surface area contributed by atoms with Crippen LogP contribution in [0, 0.1) is 39.9 Å². The monoisotopic (exact) mass is 336 g/mol. The quantitative estimate of drug-likeness (QED) is 0.740. The molecule has 4 heteroatoms. The molecule has 1 spiro atoms. The van der Waals surface area contributed by atoms with E-state index in [9.17, 15) is 20.1 Å². The molecule has 4 aliphatic rings. The van der Waals surface area contributed by atoms with Gasteiger partial charge in [-0.1, -0.05) is 13.3 Å². The number of fused-ring (bicyclic) bond motifs is 3. The highest BCUT2D eigenvalue weighted by Crippen LogP contribution is 2.72. The van der Waals surface area contributed by atoms with Gasteiger partial charge in [0.15, 0.2) is 0 Å². The Morgan fingerprint density at radius 3 is 2.50 bits per heavy atom. The zero-order chi connectivity index (χ0) is 17.2. The topological polar surface area (TPSA) is 77.8 Å². The average Bonchev–Trinajstić information content (AvgIpc) is 2.83. The van der Waals surface area contributed by atoms with Crippen LogP contribution in [-0.4, -0.2) is 34.5 Å². The van der Waals surface area contributed by atoms with E-state index in [0.717, 1.165) is 32.1 Å². The lowest BCUT2D eigenvalue weighted by atomic mass is 9.41. The summed E-state index contributed by atoms with van der Waals surface area (Å²) >= 11 is 0. The molecular weight excluding hydrogens is 304 g/mol. The van der Waals surface area contributed by atoms with Gasteiger partial charge in [-0.2, -0.15) is 0 Å². The first-order valence-corrected chi connectivity index (χ1v) is 9.87. The van der Waals surface area contributed by atoms with Crippen LogP contribution >= 0.6 is 0 Å². The van der Waals surface area contributed by atoms with Crippen LogP contribution in [0.25, 0.3) is 0 Å². The lowest BCUT2D eigenvalue weighted by molar-refractivity contribution is -0.191. The molecule has 0 aromatic rings. The Hall–Kier alpha value is -0.610. The molecular formula is C20H32O4. The molecule has 3 unspecified atom stereocenters. The molecule has 2 bridgehead atoms. The first-order chi connectivity index (χ1) is 11.4. The zero-order valence-electron chi connectivity index (χ0n) is 14.8. The van der Waals surface area contributed by atoms with Gasteiger partial charge in [0.2, 0.25) is 0 Å². The van der Waals surface area contributed by atoms with Crippen molar-refractivity contribution in [3.8, 4) is 0 Å². The lowest BCUT2D eigenvalue weighted by Crippen LogP contribution is -2.60. The number of carboxylic acid groups (broad SMARTS) is 1. The van der Waals surface area contributed by atoms with Crippen molar-refractivity contribution in [2.45, 2.75) is 64.7 Å². The summed E-state index contributed by atoms with van der Waals surface area (Å²) in [5.41, 5.74) is -0.564. The van der Waals surface area contributed by atoms with Crippen LogP contribution in [0.2, 0.25) is 0 Å². The number of hydrogen-bond donors (Lipinski definition) is 3. The van der Waals surface area contributed by atoms with Crippen molar-refractivity contribution in [2.24, 2.45) is 39.9 Å². The normalized spacial score (nSPS) is 53.3. The third-order valence-electron chi connectivity index (χ3n) is 9.04. The molecule has 4 aliphatic carbocycles. The molecule has 24 heavy (non-hydrogen) atoms. The van der Waals surface area contributed by atoms with Crippen molar-refractivity contribution in [1.29, 1.82) is 0 Å². The molecule has 0 saturated heterocycles. The Kier molecular flexibility index (Phi) is 3.82. The Morgan fingerprint density at radius 1 is 1.04 bits per heavy atom. The molecule has 136 valence electrons. The Morgan fingerprint density at radius 2 is 1.83 bits per heavy atom. The van der Waals surface area contributed by atoms with Crippen LogP contribution in [0.4, 0.5) is 0 Å². The van der Waals surface area contributed by atoms with Crippen LogP contribution in [0.5, 0.6) is 0 Å². The van der Waals surface area contributed by atoms with E-state index in [1.54, 1.807) is 0 Å². The minimum Gasteiger partial charge on any atom is -0.481 e. The maximum atomic E-state index is 12.1. The molecule has 4 nitrogen and oxygen atoms in total. The molecule has 0 aliphatic heterocycles. The molecule has 4 rings (SSSR count). The molecule has 4 saturated carbocycles. The van der Waals surface area contributed by atoms with E-state index in [2.05, 4.69) is 6.92 Å². The predicted octanol–water partition coefficient (Wildman–Crippen LogP) is 3.06. The minimum absolute atomic E-state index is 0.0347. The lowest BCUT2D eigenvalue weighted by Gasteiger charge is -2.63. The highest BCUT2D eigenvalue weighted by molar-refractivity contribution is 5.75. The number of carbonyl (C=O) groups is 1. The largest absolute Gasteiger partial charge is 0.481 e. The van der Waals surface area contributed by atoms with Gasteiger partial charge < -0.3 is 15.3 Å². The van der Waals surface area contributed by atoms with Crippen molar-refractivity contribution in [3.05, 3.63) is 0 Å². The summed E-state index contributed by atoms with van der Waals surface area (Å²) in [6.07, 6.45) is 9.44. The molecule has 4 fully saturated rings. The van der Waals surface area contributed by atoms with E-state index >= 15 is 0 Å². The summed E-state index contributed by atoms with van der Waals surface area (Å²) in [4.78, 5) is 12.1. The first-order valence-electron chi connectivity index (χ1n) is 9.87. The summed E-state index contributed by atoms with van der Waals surface area (Å²) < 4.78 is 0. The van der Waals surface area contributed by atoms with Crippen LogP contribution < -0.4 is 0 Å². The highest BCUT2D eigenvalue weighted by Gasteiger charge is 2.66. The third kappa shape index (κ3) is 1.96. The van der Waals surface area contributed by atoms with Crippen molar-refractivity contribution < 1.29 is 20.1 Å². The molecule has 0 aromatic carbocycles. The number of carboxylic acids is 1. The fraction of sp³-hybridized carbons (Fsp3) is 0.950. The van der Waals surface area contributed by atoms with E-state index < -0.39 is 11.4 Å². The summed E-state index contributed by atoms with van der Waals surface area (Å²) in [6.45, 7) is 2.43. The SMILES string of the molecule is C[C@@]12CCC[C@@](CO)(C(=O)O)C1CC[C@@]13CC(CCC12)[C@H](CO)C3. The number of aliphatic carboxylic acids is 1. The minimum atomic E-state index is -0.930. The smallest absolute Gasteiger partial charge is 0.312 e. The Labute approximate surface area is 144 Å². The van der Waals surface area contributed by atoms with Gasteiger partial charge in [-0.15, -0.1) is 0 Å². The van der Waals surface area contributed by atoms with Crippen molar-refractivity contribution in [3.63, 3.8) is 0 Å². The fourth-order valence-electron chi connectivity index (χ4n) is 8.12. The van der Waals surface area contributed by atoms with E-state index in [-0.39, 0.29) is 17.9 Å². The van der Waals surface area contributed by atoms with E-state index in [1.807, 2.05) is 0 Å². The number of aliphatic hydroxyl groups is 2. The standard InChI is InChI=1S/C20H32O4/c1-18-6-2-7-20(12-22,17(23)24)16(18)5-8-19-9-13(3-4-15(18)19)14(10-19)11-21/h13-16,21-22H,2-12H2,1H3,(H,23,24)/t13?,14-,15?,16?,18-,19-,20-/m0/s1. The van der Waals surface area contributed by atoms with Crippen molar-refractivity contribution >= 4 is 5.97 Å². The average molecular weight is 336 g/mol. The maximum absolute atomic E-state index is 12.1. The van der Waals surface area contributed by atoms with Gasteiger partial charge in [0.25, 0.3) is 0 Å². The second-order valence-electron chi connectivity index (χ2n) is 9.67. The highest BCUT2D eigenvalue weighted by atomic mass is 16.4. The van der Waals surface area contributed by atoms with Crippen molar-refractivity contribution in [2.75, 3.05) is 13.2 Å². The van der Waals surface area contributed by atoms with Gasteiger partial charge >= 0.3 is 5.97 Å². The van der Waals surface area contributed by atoms with Gasteiger partial charge in [-0.05, 0) is 85.9 Å². The molecule has 3 N–H and O–H groups in total.